The normalized spacial score (nSPS) is 21.6. The average molecular weight is 1420 g/mol. The first-order valence-electron chi connectivity index (χ1n) is 27.6. The lowest BCUT2D eigenvalue weighted by Crippen LogP contribution is -2.36. The van der Waals surface area contributed by atoms with E-state index < -0.39 is 107 Å². The number of benzene rings is 4. The minimum absolute atomic E-state index is 0.0145. The molecular weight excluding hydrogens is 1350 g/mol. The molecule has 0 spiro atoms. The van der Waals surface area contributed by atoms with Crippen molar-refractivity contribution in [2.45, 2.75) is 147 Å². The number of hydrogen-bond donors (Lipinski definition) is 7. The van der Waals surface area contributed by atoms with Crippen molar-refractivity contribution < 1.29 is 75.9 Å². The van der Waals surface area contributed by atoms with Crippen LogP contribution >= 0.6 is 37.0 Å². The summed E-state index contributed by atoms with van der Waals surface area (Å²) in [5.41, 5.74) is 0.946. The van der Waals surface area contributed by atoms with Gasteiger partial charge in [0, 0.05) is 102 Å². The van der Waals surface area contributed by atoms with Crippen molar-refractivity contribution in [3.63, 3.8) is 0 Å². The first kappa shape index (κ1) is 68.3. The second-order valence-electron chi connectivity index (χ2n) is 22.3. The summed E-state index contributed by atoms with van der Waals surface area (Å²) >= 11 is -0.996. The maximum atomic E-state index is 13.4. The third-order valence-electron chi connectivity index (χ3n) is 15.7. The van der Waals surface area contributed by atoms with Crippen molar-refractivity contribution in [3.8, 4) is 0 Å². The zero-order valence-corrected chi connectivity index (χ0v) is 55.4. The van der Waals surface area contributed by atoms with Crippen LogP contribution in [0.4, 0.5) is 11.4 Å². The van der Waals surface area contributed by atoms with E-state index in [4.69, 9.17) is 5.11 Å². The lowest BCUT2D eigenvalue weighted by atomic mass is 9.75. The first-order chi connectivity index (χ1) is 39.6. The lowest BCUT2D eigenvalue weighted by Gasteiger charge is -2.39. The number of allylic oxidation sites excluding steroid dienone is 6. The number of carbonyl (C=O) groups excluding carboxylic acids is 2. The van der Waals surface area contributed by atoms with E-state index in [-0.39, 0.29) is 90.5 Å². The van der Waals surface area contributed by atoms with Gasteiger partial charge in [0.05, 0.1) is 21.2 Å². The van der Waals surface area contributed by atoms with Gasteiger partial charge in [-0.1, -0.05) is 98.4 Å². The molecule has 2 bridgehead atoms. The fourth-order valence-corrected chi connectivity index (χ4v) is 18.5. The molecule has 4 aromatic rings. The van der Waals surface area contributed by atoms with Crippen LogP contribution in [-0.2, 0) is 74.4 Å². The van der Waals surface area contributed by atoms with Crippen LogP contribution in [0.2, 0.25) is 0 Å². The summed E-state index contributed by atoms with van der Waals surface area (Å²) in [6.07, 6.45) is 15.4. The fourth-order valence-electron chi connectivity index (χ4n) is 11.5. The second kappa shape index (κ2) is 27.7. The minimum atomic E-state index is -5.12. The molecule has 0 radical (unpaired) electrons. The van der Waals surface area contributed by atoms with Gasteiger partial charge in [-0.3, -0.25) is 28.0 Å². The summed E-state index contributed by atoms with van der Waals surface area (Å²) in [5, 5.41) is 15.8. The standard InChI is InChI=1S/C56H73IN4O17P2S5/c1-55(2)48-18-9-5-10-19-49-56(3,54-43-31-38(82(69,70)71)33-46(83(72,73)74)41(43)23-25-44(54)60(49)28-16-30-81(66,67)68)27-14-6-11-20-50(62)58-35-37(17-8-4-13-22-52(64)65)36-59-51(63)21-12-7-15-29-61(57-48)45-26-24-40-42(53(45)55)32-39(85(78,79)80)34-47(40)84(75,76)77/h5,9-10,18-19,23-26,31-34,37,78-80H,4,6-8,11-17,20-22,27-30,35-36H2,1-3H3,(H,58,62)(H,59,63)(H,64,65)(H,66,67,68)(H,69,70,71)(H,72,73,74)(H,75,76,77)/p-1/b10-5+,18-9+,49-19-. The molecule has 2 unspecified atom stereocenters. The third kappa shape index (κ3) is 17.1. The summed E-state index contributed by atoms with van der Waals surface area (Å²) < 4.78 is 160. The molecule has 85 heavy (non-hydrogen) atoms. The molecular formula is C56H72IN4O17P2S5-. The van der Waals surface area contributed by atoms with Crippen LogP contribution in [0.25, 0.3) is 21.5 Å². The predicted octanol–water partition coefficient (Wildman–Crippen LogP) is 10.1. The summed E-state index contributed by atoms with van der Waals surface area (Å²) in [7, 11) is -16.0. The van der Waals surface area contributed by atoms with Crippen molar-refractivity contribution in [1.82, 2.24) is 10.6 Å². The average Bonchev–Trinajstić information content (AvgIpc) is 1.74. The molecule has 2 amide bonds. The summed E-state index contributed by atoms with van der Waals surface area (Å²) in [4.78, 5) is 37.7. The molecule has 0 fully saturated rings. The molecule has 3 aliphatic heterocycles. The molecule has 0 aliphatic carbocycles. The maximum absolute atomic E-state index is 13.4. The van der Waals surface area contributed by atoms with Gasteiger partial charge in [-0.25, -0.2) is 8.42 Å². The molecule has 3 heterocycles. The molecule has 0 aromatic heterocycles. The van der Waals surface area contributed by atoms with Crippen LogP contribution in [0.1, 0.15) is 128 Å². The van der Waals surface area contributed by atoms with Gasteiger partial charge in [-0.2, -0.15) is 25.3 Å². The number of carbonyl (C=O) groups is 3. The van der Waals surface area contributed by atoms with Crippen LogP contribution in [0.15, 0.2) is 104 Å². The van der Waals surface area contributed by atoms with E-state index in [1.165, 1.54) is 6.07 Å². The van der Waals surface area contributed by atoms with Crippen molar-refractivity contribution in [1.29, 1.82) is 0 Å². The Labute approximate surface area is 512 Å². The Morgan fingerprint density at radius 1 is 0.694 bits per heavy atom. The number of hydrogen-bond acceptors (Lipinski definition) is 14. The van der Waals surface area contributed by atoms with Crippen LogP contribution in [0.3, 0.4) is 0 Å². The number of unbranched alkanes of at least 4 members (excludes halogenated alkanes) is 2. The molecule has 21 nitrogen and oxygen atoms in total. The predicted molar refractivity (Wildman–Crippen MR) is 344 cm³/mol. The number of nitrogens with one attached hydrogen (secondary N) is 2. The van der Waals surface area contributed by atoms with Crippen molar-refractivity contribution in [3.05, 3.63) is 95.7 Å². The molecule has 7 N–H and O–H groups in total. The Hall–Kier alpha value is -4.22. The van der Waals surface area contributed by atoms with Gasteiger partial charge in [-0.05, 0) is 136 Å². The van der Waals surface area contributed by atoms with E-state index in [9.17, 15) is 70.8 Å². The topological polar surface area (TPSA) is 343 Å². The number of carboxylic acids is 1. The highest BCUT2D eigenvalue weighted by Gasteiger charge is 2.45. The number of anilines is 2. The number of rotatable bonds is 14. The Balaban J connectivity index is 1.36. The summed E-state index contributed by atoms with van der Waals surface area (Å²) in [6.45, 7) is 6.92. The van der Waals surface area contributed by atoms with Crippen LogP contribution < -0.4 is 18.6 Å². The molecule has 2 atom stereocenters. The van der Waals surface area contributed by atoms with E-state index in [1.54, 1.807) is 41.3 Å². The first-order valence-corrected chi connectivity index (χ1v) is 39.6. The molecule has 0 saturated heterocycles. The smallest absolute Gasteiger partial charge is 0.303 e. The molecule has 466 valence electrons. The van der Waals surface area contributed by atoms with Gasteiger partial charge in [0.2, 0.25) is 11.8 Å². The second-order valence-corrected chi connectivity index (χ2v) is 37.3. The number of amides is 2. The van der Waals surface area contributed by atoms with E-state index in [1.807, 2.05) is 39.0 Å². The fraction of sp³-hybridized carbons (Fsp3) is 0.464. The van der Waals surface area contributed by atoms with Crippen LogP contribution in [0.5, 0.6) is 0 Å². The quantitative estimate of drug-likeness (QED) is 0.0203. The van der Waals surface area contributed by atoms with Gasteiger partial charge in [0.1, 0.15) is 15.0 Å². The SMILES string of the molecule is CC1(C)C2=IN(CCCCCC(=O)NCC(CCCCCC(=O)O)CNC(=O)CCCCCC3(C)/C(=C/C=C/C=C/2)N(CCCS(=O)(=O)O)c2ccc4c(S(=O)(=O)O)cc(S(=O)(=O)O)cc4c23)c2ccc3c(S(=O)(=O)[O-])cc(S(O)(=P)=P)cc3c21. The van der Waals surface area contributed by atoms with Crippen molar-refractivity contribution in [2.24, 2.45) is 5.92 Å². The molecule has 0 saturated carbocycles. The maximum Gasteiger partial charge on any atom is 0.303 e. The highest BCUT2D eigenvalue weighted by atomic mass is 127. The minimum Gasteiger partial charge on any atom is -0.744 e. The van der Waals surface area contributed by atoms with E-state index >= 15 is 0 Å². The van der Waals surface area contributed by atoms with Crippen molar-refractivity contribution >= 4 is 140 Å². The van der Waals surface area contributed by atoms with Gasteiger partial charge in [-0.15, -0.1) is 0 Å². The monoisotopic (exact) mass is 1420 g/mol. The lowest BCUT2D eigenvalue weighted by molar-refractivity contribution is -0.137. The summed E-state index contributed by atoms with van der Waals surface area (Å²) in [6, 6.07) is 11.0. The van der Waals surface area contributed by atoms with Gasteiger partial charge < -0.3 is 32.9 Å². The Kier molecular flexibility index (Phi) is 22.2. The largest absolute Gasteiger partial charge is 0.744 e. The summed E-state index contributed by atoms with van der Waals surface area (Å²) in [5.74, 6) is -2.05. The zero-order chi connectivity index (χ0) is 62.5. The van der Waals surface area contributed by atoms with E-state index in [0.717, 1.165) is 21.3 Å². The Bertz CT molecular complexity index is 4010. The third-order valence-corrected chi connectivity index (χ3v) is 25.2. The van der Waals surface area contributed by atoms with Crippen molar-refractivity contribution in [2.75, 3.05) is 39.9 Å². The highest BCUT2D eigenvalue weighted by Crippen LogP contribution is 2.55. The molecule has 4 aromatic carbocycles. The Morgan fingerprint density at radius 2 is 1.29 bits per heavy atom. The number of fused-ring (bicyclic) bond motifs is 10. The zero-order valence-electron chi connectivity index (χ0n) is 47.2. The number of nitrogens with zero attached hydrogens (tertiary/aromatic N) is 2. The number of halogens is 1. The van der Waals surface area contributed by atoms with Crippen LogP contribution in [-0.4, -0.2) is 115 Å². The van der Waals surface area contributed by atoms with Gasteiger partial charge in [0.25, 0.3) is 30.4 Å². The molecule has 29 heteroatoms. The van der Waals surface area contributed by atoms with Gasteiger partial charge >= 0.3 is 5.97 Å². The highest BCUT2D eigenvalue weighted by molar-refractivity contribution is 14.2. The van der Waals surface area contributed by atoms with E-state index in [2.05, 4.69) is 29.8 Å². The Morgan fingerprint density at radius 3 is 1.89 bits per heavy atom. The van der Waals surface area contributed by atoms with Crippen LogP contribution in [0, 0.1) is 5.92 Å². The number of carboxylic acid groups (broad SMARTS) is 1. The van der Waals surface area contributed by atoms with E-state index in [0.29, 0.717) is 105 Å². The molecule has 3 aliphatic rings. The van der Waals surface area contributed by atoms with Gasteiger partial charge in [0.15, 0.2) is 0 Å². The molecule has 7 rings (SSSR count). The number of aliphatic carboxylic acids is 1.